The summed E-state index contributed by atoms with van der Waals surface area (Å²) in [4.78, 5) is 47.6. The smallest absolute Gasteiger partial charge is 0.261 e. The molecule has 1 unspecified atom stereocenters. The normalized spacial score (nSPS) is 12.0. The number of aromatic nitrogens is 3. The number of hydrogen-bond acceptors (Lipinski definition) is 6. The Hall–Kier alpha value is -3.00. The monoisotopic (exact) mass is 396 g/mol. The minimum Gasteiger partial charge on any atom is -0.325 e. The molecule has 0 fully saturated rings. The Balaban J connectivity index is 1.76. The molecule has 0 saturated heterocycles. The van der Waals surface area contributed by atoms with Crippen LogP contribution in [0.3, 0.4) is 0 Å². The molecule has 3 aromatic rings. The maximum atomic E-state index is 12.5. The Morgan fingerprint density at radius 1 is 1.14 bits per heavy atom. The quantitative estimate of drug-likeness (QED) is 0.390. The summed E-state index contributed by atoms with van der Waals surface area (Å²) in [6.45, 7) is 6.90. The molecular weight excluding hydrogens is 376 g/mol. The lowest BCUT2D eigenvalue weighted by Crippen LogP contribution is -2.23. The summed E-state index contributed by atoms with van der Waals surface area (Å²) in [7, 11) is 0. The van der Waals surface area contributed by atoms with Crippen LogP contribution in [0.4, 0.5) is 5.69 Å². The van der Waals surface area contributed by atoms with E-state index in [1.54, 1.807) is 31.2 Å². The number of hydrogen-bond donors (Lipinski definition) is 2. The van der Waals surface area contributed by atoms with E-state index in [4.69, 9.17) is 0 Å². The highest BCUT2D eigenvalue weighted by atomic mass is 32.2. The predicted molar refractivity (Wildman–Crippen MR) is 110 cm³/mol. The molecule has 1 aromatic carbocycles. The number of anilines is 1. The first-order chi connectivity index (χ1) is 13.2. The summed E-state index contributed by atoms with van der Waals surface area (Å²) >= 11 is 1.15. The number of nitrogens with zero attached hydrogens (tertiary/aromatic N) is 2. The van der Waals surface area contributed by atoms with E-state index in [-0.39, 0.29) is 17.2 Å². The lowest BCUT2D eigenvalue weighted by Gasteiger charge is -2.12. The van der Waals surface area contributed by atoms with Gasteiger partial charge in [0, 0.05) is 16.9 Å². The van der Waals surface area contributed by atoms with E-state index in [0.717, 1.165) is 23.0 Å². The van der Waals surface area contributed by atoms with Gasteiger partial charge in [-0.1, -0.05) is 11.8 Å². The molecule has 2 aromatic heterocycles. The Kier molecular flexibility index (Phi) is 5.60. The van der Waals surface area contributed by atoms with Crippen molar-refractivity contribution in [2.75, 3.05) is 5.32 Å². The highest BCUT2D eigenvalue weighted by Gasteiger charge is 2.18. The molecule has 2 N–H and O–H groups in total. The Bertz CT molecular complexity index is 1120. The van der Waals surface area contributed by atoms with Crippen LogP contribution >= 0.6 is 11.8 Å². The minimum absolute atomic E-state index is 0.0350. The maximum absolute atomic E-state index is 12.5. The maximum Gasteiger partial charge on any atom is 0.261 e. The van der Waals surface area contributed by atoms with Crippen molar-refractivity contribution in [2.45, 2.75) is 38.1 Å². The third-order valence-electron chi connectivity index (χ3n) is 4.20. The molecular formula is C20H20N4O3S. The number of carbonyl (C=O) groups is 2. The van der Waals surface area contributed by atoms with Crippen molar-refractivity contribution in [2.24, 2.45) is 0 Å². The standard InChI is InChI=1S/C20H20N4O3S/c1-10-9-11(2)21-17-16(10)19(27)24-20(23-17)28-13(4)18(26)22-15-7-5-14(6-8-15)12(3)25/h5-9,13H,1-4H3,(H,22,26)(H,21,23,24,27). The van der Waals surface area contributed by atoms with Crippen LogP contribution in [0.5, 0.6) is 0 Å². The van der Waals surface area contributed by atoms with Crippen molar-refractivity contribution in [3.05, 3.63) is 57.5 Å². The van der Waals surface area contributed by atoms with Gasteiger partial charge in [-0.2, -0.15) is 0 Å². The first-order valence-electron chi connectivity index (χ1n) is 8.71. The summed E-state index contributed by atoms with van der Waals surface area (Å²) in [5, 5.41) is 3.08. The second-order valence-corrected chi connectivity index (χ2v) is 7.86. The SMILES string of the molecule is CC(=O)c1ccc(NC(=O)C(C)Sc2nc3nc(C)cc(C)c3c(=O)[nH]2)cc1. The van der Waals surface area contributed by atoms with Gasteiger partial charge in [0.2, 0.25) is 5.91 Å². The first-order valence-corrected chi connectivity index (χ1v) is 9.59. The van der Waals surface area contributed by atoms with Crippen molar-refractivity contribution >= 4 is 40.2 Å². The second-order valence-electron chi connectivity index (χ2n) is 6.53. The van der Waals surface area contributed by atoms with Crippen LogP contribution in [0.25, 0.3) is 11.0 Å². The molecule has 144 valence electrons. The van der Waals surface area contributed by atoms with E-state index in [0.29, 0.717) is 27.4 Å². The van der Waals surface area contributed by atoms with Crippen LogP contribution in [-0.4, -0.2) is 31.9 Å². The molecule has 0 bridgehead atoms. The van der Waals surface area contributed by atoms with Crippen molar-refractivity contribution in [1.29, 1.82) is 0 Å². The Morgan fingerprint density at radius 2 is 1.82 bits per heavy atom. The molecule has 1 amide bonds. The van der Waals surface area contributed by atoms with Gasteiger partial charge in [-0.15, -0.1) is 0 Å². The highest BCUT2D eigenvalue weighted by molar-refractivity contribution is 8.00. The average molecular weight is 396 g/mol. The van der Waals surface area contributed by atoms with Gasteiger partial charge in [-0.05, 0) is 63.6 Å². The lowest BCUT2D eigenvalue weighted by atomic mass is 10.1. The molecule has 8 heteroatoms. The molecule has 0 saturated carbocycles. The number of carbonyl (C=O) groups excluding carboxylic acids is 2. The number of Topliss-reactive ketones (excluding diaryl/α,β-unsaturated/α-hetero) is 1. The second kappa shape index (κ2) is 7.93. The zero-order valence-corrected chi connectivity index (χ0v) is 16.8. The summed E-state index contributed by atoms with van der Waals surface area (Å²) in [5.41, 5.74) is 2.86. The van der Waals surface area contributed by atoms with Gasteiger partial charge in [-0.25, -0.2) is 9.97 Å². The zero-order chi connectivity index (χ0) is 20.4. The number of ketones is 1. The number of aromatic amines is 1. The lowest BCUT2D eigenvalue weighted by molar-refractivity contribution is -0.115. The van der Waals surface area contributed by atoms with Crippen LogP contribution in [0.15, 0.2) is 40.3 Å². The van der Waals surface area contributed by atoms with Crippen LogP contribution in [0.1, 0.15) is 35.5 Å². The van der Waals surface area contributed by atoms with Gasteiger partial charge in [0.05, 0.1) is 10.6 Å². The molecule has 3 rings (SSSR count). The van der Waals surface area contributed by atoms with E-state index in [2.05, 4.69) is 20.3 Å². The topological polar surface area (TPSA) is 105 Å². The van der Waals surface area contributed by atoms with E-state index < -0.39 is 5.25 Å². The largest absolute Gasteiger partial charge is 0.325 e. The number of nitrogens with one attached hydrogen (secondary N) is 2. The van der Waals surface area contributed by atoms with Gasteiger partial charge >= 0.3 is 0 Å². The van der Waals surface area contributed by atoms with E-state index in [9.17, 15) is 14.4 Å². The number of H-pyrrole nitrogens is 1. The van der Waals surface area contributed by atoms with Gasteiger partial charge in [0.25, 0.3) is 5.56 Å². The summed E-state index contributed by atoms with van der Waals surface area (Å²) in [6, 6.07) is 8.51. The average Bonchev–Trinajstić information content (AvgIpc) is 2.61. The number of benzene rings is 1. The van der Waals surface area contributed by atoms with Crippen molar-refractivity contribution in [3.63, 3.8) is 0 Å². The zero-order valence-electron chi connectivity index (χ0n) is 16.0. The van der Waals surface area contributed by atoms with Gasteiger partial charge in [-0.3, -0.25) is 14.4 Å². The van der Waals surface area contributed by atoms with E-state index >= 15 is 0 Å². The Labute approximate surface area is 166 Å². The van der Waals surface area contributed by atoms with Crippen molar-refractivity contribution in [3.8, 4) is 0 Å². The fraction of sp³-hybridized carbons (Fsp3) is 0.250. The first kappa shape index (κ1) is 19.8. The van der Waals surface area contributed by atoms with Crippen molar-refractivity contribution in [1.82, 2.24) is 15.0 Å². The fourth-order valence-electron chi connectivity index (χ4n) is 2.77. The molecule has 0 spiro atoms. The number of fused-ring (bicyclic) bond motifs is 1. The summed E-state index contributed by atoms with van der Waals surface area (Å²) in [6.07, 6.45) is 0. The molecule has 28 heavy (non-hydrogen) atoms. The van der Waals surface area contributed by atoms with Crippen LogP contribution in [-0.2, 0) is 4.79 Å². The number of thioether (sulfide) groups is 1. The molecule has 1 atom stereocenters. The number of aryl methyl sites for hydroxylation is 2. The number of rotatable bonds is 5. The van der Waals surface area contributed by atoms with Gasteiger partial charge in [0.15, 0.2) is 16.6 Å². The molecule has 0 aliphatic heterocycles. The van der Waals surface area contributed by atoms with Gasteiger partial charge in [0.1, 0.15) is 0 Å². The molecule has 0 aliphatic carbocycles. The third kappa shape index (κ3) is 4.28. The summed E-state index contributed by atoms with van der Waals surface area (Å²) < 4.78 is 0. The number of amides is 1. The van der Waals surface area contributed by atoms with Crippen LogP contribution < -0.4 is 10.9 Å². The molecule has 7 nitrogen and oxygen atoms in total. The van der Waals surface area contributed by atoms with E-state index in [1.165, 1.54) is 6.92 Å². The fourth-order valence-corrected chi connectivity index (χ4v) is 3.56. The molecule has 0 aliphatic rings. The van der Waals surface area contributed by atoms with Crippen molar-refractivity contribution < 1.29 is 9.59 Å². The minimum atomic E-state index is -0.501. The summed E-state index contributed by atoms with van der Waals surface area (Å²) in [5.74, 6) is -0.274. The van der Waals surface area contributed by atoms with Crippen LogP contribution in [0.2, 0.25) is 0 Å². The molecule has 2 heterocycles. The third-order valence-corrected chi connectivity index (χ3v) is 5.18. The van der Waals surface area contributed by atoms with Gasteiger partial charge < -0.3 is 10.3 Å². The Morgan fingerprint density at radius 3 is 2.46 bits per heavy atom. The van der Waals surface area contributed by atoms with Crippen LogP contribution in [0, 0.1) is 13.8 Å². The van der Waals surface area contributed by atoms with E-state index in [1.807, 2.05) is 19.9 Å². The highest BCUT2D eigenvalue weighted by Crippen LogP contribution is 2.22. The number of pyridine rings is 1. The molecule has 0 radical (unpaired) electrons. The predicted octanol–water partition coefficient (Wildman–Crippen LogP) is 3.26.